The Bertz CT molecular complexity index is 1020. The lowest BCUT2D eigenvalue weighted by atomic mass is 10.2. The number of aromatic nitrogens is 1. The molecule has 1 aromatic heterocycles. The zero-order valence-electron chi connectivity index (χ0n) is 16.6. The summed E-state index contributed by atoms with van der Waals surface area (Å²) >= 11 is 0. The van der Waals surface area contributed by atoms with Gasteiger partial charge in [0, 0.05) is 55.7 Å². The van der Waals surface area contributed by atoms with Gasteiger partial charge in [-0.2, -0.15) is 0 Å². The third kappa shape index (κ3) is 5.55. The molecule has 7 heteroatoms. The highest BCUT2D eigenvalue weighted by atomic mass is 16.2. The van der Waals surface area contributed by atoms with E-state index >= 15 is 0 Å². The maximum Gasteiger partial charge on any atom is 0.274 e. The predicted molar refractivity (Wildman–Crippen MR) is 117 cm³/mol. The molecular formula is C22H23N5O2. The Morgan fingerprint density at radius 1 is 0.828 bits per heavy atom. The van der Waals surface area contributed by atoms with Crippen molar-refractivity contribution >= 4 is 40.3 Å². The Hall–Kier alpha value is -3.87. The van der Waals surface area contributed by atoms with Crippen molar-refractivity contribution in [2.75, 3.05) is 34.9 Å². The first-order valence-electron chi connectivity index (χ1n) is 9.10. The molecule has 3 rings (SSSR count). The zero-order chi connectivity index (χ0) is 20.8. The second kappa shape index (κ2) is 8.88. The number of benzene rings is 2. The fraction of sp³-hybridized carbons (Fsp3) is 0.136. The third-order valence-corrected chi connectivity index (χ3v) is 4.11. The minimum absolute atomic E-state index is 0.136. The van der Waals surface area contributed by atoms with Crippen molar-refractivity contribution in [2.45, 2.75) is 6.92 Å². The van der Waals surface area contributed by atoms with Crippen LogP contribution in [-0.2, 0) is 4.79 Å². The lowest BCUT2D eigenvalue weighted by Crippen LogP contribution is -2.14. The lowest BCUT2D eigenvalue weighted by Gasteiger charge is -2.13. The molecule has 0 unspecified atom stereocenters. The average Bonchev–Trinajstić information content (AvgIpc) is 2.68. The topological polar surface area (TPSA) is 86.4 Å². The van der Waals surface area contributed by atoms with Crippen molar-refractivity contribution in [1.29, 1.82) is 0 Å². The van der Waals surface area contributed by atoms with E-state index in [4.69, 9.17) is 0 Å². The average molecular weight is 389 g/mol. The van der Waals surface area contributed by atoms with E-state index in [1.807, 2.05) is 61.5 Å². The van der Waals surface area contributed by atoms with Crippen molar-refractivity contribution in [3.05, 3.63) is 72.6 Å². The van der Waals surface area contributed by atoms with Gasteiger partial charge in [0.2, 0.25) is 5.91 Å². The molecule has 2 amide bonds. The number of nitrogens with zero attached hydrogens (tertiary/aromatic N) is 2. The first-order valence-corrected chi connectivity index (χ1v) is 9.10. The summed E-state index contributed by atoms with van der Waals surface area (Å²) in [5.41, 5.74) is 4.24. The Balaban J connectivity index is 1.70. The molecule has 29 heavy (non-hydrogen) atoms. The van der Waals surface area contributed by atoms with Gasteiger partial charge in [0.25, 0.3) is 5.91 Å². The normalized spacial score (nSPS) is 10.2. The molecule has 2 aromatic carbocycles. The lowest BCUT2D eigenvalue weighted by molar-refractivity contribution is -0.114. The van der Waals surface area contributed by atoms with Crippen molar-refractivity contribution in [3.63, 3.8) is 0 Å². The molecular weight excluding hydrogens is 366 g/mol. The van der Waals surface area contributed by atoms with E-state index in [2.05, 4.69) is 20.9 Å². The summed E-state index contributed by atoms with van der Waals surface area (Å²) in [7, 11) is 3.92. The van der Waals surface area contributed by atoms with E-state index in [0.717, 1.165) is 11.4 Å². The smallest absolute Gasteiger partial charge is 0.274 e. The molecule has 0 saturated heterocycles. The van der Waals surface area contributed by atoms with Gasteiger partial charge in [0.05, 0.1) is 0 Å². The summed E-state index contributed by atoms with van der Waals surface area (Å²) < 4.78 is 0. The monoisotopic (exact) mass is 389 g/mol. The van der Waals surface area contributed by atoms with Gasteiger partial charge in [0.15, 0.2) is 0 Å². The van der Waals surface area contributed by atoms with Gasteiger partial charge >= 0.3 is 0 Å². The van der Waals surface area contributed by atoms with Gasteiger partial charge in [-0.05, 0) is 54.6 Å². The number of amides is 2. The maximum absolute atomic E-state index is 12.6. The summed E-state index contributed by atoms with van der Waals surface area (Å²) in [4.78, 5) is 29.9. The molecule has 0 aliphatic carbocycles. The number of rotatable bonds is 6. The predicted octanol–water partition coefficient (Wildman–Crippen LogP) is 4.10. The van der Waals surface area contributed by atoms with E-state index in [1.54, 1.807) is 24.4 Å². The maximum atomic E-state index is 12.6. The van der Waals surface area contributed by atoms with Crippen molar-refractivity contribution < 1.29 is 9.59 Å². The number of hydrogen-bond acceptors (Lipinski definition) is 5. The van der Waals surface area contributed by atoms with Crippen LogP contribution in [0.3, 0.4) is 0 Å². The highest BCUT2D eigenvalue weighted by Crippen LogP contribution is 2.21. The molecule has 1 heterocycles. The summed E-state index contributed by atoms with van der Waals surface area (Å²) in [5, 5.41) is 8.81. The second-order valence-corrected chi connectivity index (χ2v) is 6.71. The number of carbonyl (C=O) groups is 2. The summed E-state index contributed by atoms with van der Waals surface area (Å²) in [5.74, 6) is -0.429. The molecule has 7 nitrogen and oxygen atoms in total. The van der Waals surface area contributed by atoms with E-state index in [9.17, 15) is 9.59 Å². The van der Waals surface area contributed by atoms with Gasteiger partial charge in [-0.15, -0.1) is 0 Å². The van der Waals surface area contributed by atoms with Crippen LogP contribution in [0.5, 0.6) is 0 Å². The van der Waals surface area contributed by atoms with E-state index in [-0.39, 0.29) is 11.8 Å². The molecule has 0 saturated carbocycles. The fourth-order valence-electron chi connectivity index (χ4n) is 2.72. The van der Waals surface area contributed by atoms with Gasteiger partial charge in [0.1, 0.15) is 5.69 Å². The number of carbonyl (C=O) groups excluding carboxylic acids is 2. The first-order chi connectivity index (χ1) is 13.9. The van der Waals surface area contributed by atoms with E-state index in [0.29, 0.717) is 22.8 Å². The van der Waals surface area contributed by atoms with Crippen molar-refractivity contribution in [2.24, 2.45) is 0 Å². The van der Waals surface area contributed by atoms with Crippen LogP contribution in [0.2, 0.25) is 0 Å². The van der Waals surface area contributed by atoms with Crippen LogP contribution in [-0.4, -0.2) is 30.9 Å². The minimum atomic E-state index is -0.293. The van der Waals surface area contributed by atoms with Gasteiger partial charge in [-0.1, -0.05) is 6.07 Å². The summed E-state index contributed by atoms with van der Waals surface area (Å²) in [6.07, 6.45) is 1.57. The van der Waals surface area contributed by atoms with Crippen LogP contribution in [0.1, 0.15) is 17.4 Å². The SMILES string of the molecule is CC(=O)Nc1cccc(Nc2ccnc(C(=O)Nc3ccc(N(C)C)cc3)c2)c1. The van der Waals surface area contributed by atoms with Crippen LogP contribution < -0.4 is 20.9 Å². The number of pyridine rings is 1. The van der Waals surface area contributed by atoms with Crippen LogP contribution in [0.15, 0.2) is 66.9 Å². The molecule has 148 valence electrons. The fourth-order valence-corrected chi connectivity index (χ4v) is 2.72. The van der Waals surface area contributed by atoms with Crippen molar-refractivity contribution in [1.82, 2.24) is 4.98 Å². The number of anilines is 5. The Morgan fingerprint density at radius 2 is 1.52 bits per heavy atom. The largest absolute Gasteiger partial charge is 0.378 e. The Kier molecular flexibility index (Phi) is 6.09. The zero-order valence-corrected chi connectivity index (χ0v) is 16.6. The molecule has 3 N–H and O–H groups in total. The summed E-state index contributed by atoms with van der Waals surface area (Å²) in [6.45, 7) is 1.46. The van der Waals surface area contributed by atoms with Crippen molar-refractivity contribution in [3.8, 4) is 0 Å². The third-order valence-electron chi connectivity index (χ3n) is 4.11. The molecule has 0 radical (unpaired) electrons. The Labute approximate surface area is 169 Å². The highest BCUT2D eigenvalue weighted by molar-refractivity contribution is 6.03. The van der Waals surface area contributed by atoms with Gasteiger partial charge < -0.3 is 20.9 Å². The summed E-state index contributed by atoms with van der Waals surface area (Å²) in [6, 6.07) is 18.3. The first kappa shape index (κ1) is 19.9. The molecule has 0 spiro atoms. The quantitative estimate of drug-likeness (QED) is 0.591. The molecule has 0 aliphatic rings. The standard InChI is InChI=1S/C22H23N5O2/c1-15(28)24-17-5-4-6-18(13-17)25-19-11-12-23-21(14-19)22(29)26-16-7-9-20(10-8-16)27(2)3/h4-14H,1-3H3,(H,23,25)(H,24,28)(H,26,29). The van der Waals surface area contributed by atoms with Gasteiger partial charge in [-0.25, -0.2) is 0 Å². The van der Waals surface area contributed by atoms with E-state index < -0.39 is 0 Å². The van der Waals surface area contributed by atoms with Crippen LogP contribution in [0, 0.1) is 0 Å². The number of nitrogens with one attached hydrogen (secondary N) is 3. The van der Waals surface area contributed by atoms with E-state index in [1.165, 1.54) is 6.92 Å². The van der Waals surface area contributed by atoms with Crippen LogP contribution >= 0.6 is 0 Å². The van der Waals surface area contributed by atoms with Crippen LogP contribution in [0.25, 0.3) is 0 Å². The van der Waals surface area contributed by atoms with Gasteiger partial charge in [-0.3, -0.25) is 14.6 Å². The molecule has 3 aromatic rings. The molecule has 0 aliphatic heterocycles. The molecule has 0 bridgehead atoms. The highest BCUT2D eigenvalue weighted by Gasteiger charge is 2.09. The molecule has 0 atom stereocenters. The number of hydrogen-bond donors (Lipinski definition) is 3. The van der Waals surface area contributed by atoms with Crippen LogP contribution in [0.4, 0.5) is 28.4 Å². The Morgan fingerprint density at radius 3 is 2.21 bits per heavy atom. The molecule has 0 fully saturated rings. The second-order valence-electron chi connectivity index (χ2n) is 6.71. The minimum Gasteiger partial charge on any atom is -0.378 e.